The first-order chi connectivity index (χ1) is 9.95. The van der Waals surface area contributed by atoms with Crippen molar-refractivity contribution < 1.29 is 18.1 Å². The first-order valence-electron chi connectivity index (χ1n) is 6.27. The van der Waals surface area contributed by atoms with Crippen LogP contribution in [0, 0.1) is 16.0 Å². The van der Waals surface area contributed by atoms with Crippen LogP contribution in [0.2, 0.25) is 0 Å². The number of nitro benzene ring substituents is 1. The second-order valence-corrected chi connectivity index (χ2v) is 6.37. The van der Waals surface area contributed by atoms with Gasteiger partial charge in [0.1, 0.15) is 5.69 Å². The molecule has 21 heavy (non-hydrogen) atoms. The number of benzene rings is 1. The van der Waals surface area contributed by atoms with Gasteiger partial charge in [-0.3, -0.25) is 16.0 Å². The molecular weight excluding hydrogens is 300 g/mol. The van der Waals surface area contributed by atoms with Crippen molar-refractivity contribution >= 4 is 21.4 Å². The van der Waals surface area contributed by atoms with Crippen molar-refractivity contribution in [1.82, 2.24) is 4.72 Å². The van der Waals surface area contributed by atoms with Crippen LogP contribution in [0.5, 0.6) is 0 Å². The van der Waals surface area contributed by atoms with E-state index in [1.807, 2.05) is 0 Å². The third-order valence-corrected chi connectivity index (χ3v) is 4.67. The molecule has 1 fully saturated rings. The number of nitrogens with one attached hydrogen (secondary N) is 2. The molecule has 0 aromatic heterocycles. The summed E-state index contributed by atoms with van der Waals surface area (Å²) in [6.07, 6.45) is 0.759. The number of nitrogen functional groups attached to an aromatic ring is 1. The molecule has 1 aliphatic rings. The fourth-order valence-electron chi connectivity index (χ4n) is 2.09. The highest BCUT2D eigenvalue weighted by atomic mass is 32.2. The summed E-state index contributed by atoms with van der Waals surface area (Å²) in [7, 11) is -4.00. The molecule has 10 heteroatoms. The van der Waals surface area contributed by atoms with Crippen molar-refractivity contribution in [2.45, 2.75) is 11.3 Å². The van der Waals surface area contributed by atoms with E-state index in [0.29, 0.717) is 13.2 Å². The Labute approximate surface area is 121 Å². The second-order valence-electron chi connectivity index (χ2n) is 4.64. The molecule has 116 valence electrons. The number of ether oxygens (including phenoxy) is 1. The monoisotopic (exact) mass is 316 g/mol. The van der Waals surface area contributed by atoms with E-state index in [2.05, 4.69) is 10.1 Å². The lowest BCUT2D eigenvalue weighted by molar-refractivity contribution is -0.386. The molecule has 1 unspecified atom stereocenters. The summed E-state index contributed by atoms with van der Waals surface area (Å²) in [5, 5.41) is 11.1. The number of rotatable bonds is 6. The zero-order chi connectivity index (χ0) is 15.5. The van der Waals surface area contributed by atoms with Gasteiger partial charge in [0.15, 0.2) is 4.90 Å². The zero-order valence-electron chi connectivity index (χ0n) is 11.1. The van der Waals surface area contributed by atoms with E-state index >= 15 is 0 Å². The van der Waals surface area contributed by atoms with Gasteiger partial charge in [-0.05, 0) is 24.5 Å². The molecular formula is C11H16N4O5S. The van der Waals surface area contributed by atoms with Crippen molar-refractivity contribution in [3.8, 4) is 0 Å². The fourth-order valence-corrected chi connectivity index (χ4v) is 3.40. The number of nitrogens with zero attached hydrogens (tertiary/aromatic N) is 1. The van der Waals surface area contributed by atoms with Gasteiger partial charge in [-0.1, -0.05) is 6.07 Å². The SMILES string of the molecule is NNc1cccc(S(=O)(=O)NCC2CCOC2)c1[N+](=O)[O-]. The van der Waals surface area contributed by atoms with Crippen LogP contribution in [0.25, 0.3) is 0 Å². The molecule has 1 saturated heterocycles. The van der Waals surface area contributed by atoms with Gasteiger partial charge in [0.2, 0.25) is 10.0 Å². The Morgan fingerprint density at radius 3 is 2.81 bits per heavy atom. The molecule has 0 amide bonds. The molecule has 1 heterocycles. The third-order valence-electron chi connectivity index (χ3n) is 3.21. The van der Waals surface area contributed by atoms with Gasteiger partial charge in [0.25, 0.3) is 0 Å². The quantitative estimate of drug-likeness (QED) is 0.387. The van der Waals surface area contributed by atoms with Crippen molar-refractivity contribution in [3.05, 3.63) is 28.3 Å². The predicted octanol–water partition coefficient (Wildman–Crippen LogP) is 0.195. The van der Waals surface area contributed by atoms with Crippen LogP contribution in [0.1, 0.15) is 6.42 Å². The summed E-state index contributed by atoms with van der Waals surface area (Å²) in [6, 6.07) is 3.89. The Morgan fingerprint density at radius 1 is 1.48 bits per heavy atom. The Kier molecular flexibility index (Phi) is 4.73. The van der Waals surface area contributed by atoms with E-state index in [1.54, 1.807) is 0 Å². The highest BCUT2D eigenvalue weighted by molar-refractivity contribution is 7.89. The van der Waals surface area contributed by atoms with Gasteiger partial charge in [0, 0.05) is 13.2 Å². The van der Waals surface area contributed by atoms with Crippen molar-refractivity contribution in [1.29, 1.82) is 0 Å². The number of hydrogen-bond donors (Lipinski definition) is 3. The van der Waals surface area contributed by atoms with Crippen LogP contribution < -0.4 is 16.0 Å². The number of nitrogens with two attached hydrogens (primary N) is 1. The van der Waals surface area contributed by atoms with Gasteiger partial charge in [-0.2, -0.15) is 0 Å². The molecule has 1 aromatic carbocycles. The zero-order valence-corrected chi connectivity index (χ0v) is 11.9. The molecule has 0 spiro atoms. The highest BCUT2D eigenvalue weighted by Crippen LogP contribution is 2.31. The lowest BCUT2D eigenvalue weighted by Crippen LogP contribution is -2.30. The van der Waals surface area contributed by atoms with Gasteiger partial charge >= 0.3 is 5.69 Å². The van der Waals surface area contributed by atoms with Gasteiger partial charge in [0.05, 0.1) is 11.5 Å². The number of sulfonamides is 1. The van der Waals surface area contributed by atoms with Crippen LogP contribution >= 0.6 is 0 Å². The van der Waals surface area contributed by atoms with Crippen molar-refractivity contribution in [2.75, 3.05) is 25.2 Å². The smallest absolute Gasteiger partial charge is 0.313 e. The van der Waals surface area contributed by atoms with Crippen molar-refractivity contribution in [3.63, 3.8) is 0 Å². The number of hydrogen-bond acceptors (Lipinski definition) is 7. The summed E-state index contributed by atoms with van der Waals surface area (Å²) in [4.78, 5) is 9.92. The molecule has 9 nitrogen and oxygen atoms in total. The average Bonchev–Trinajstić information content (AvgIpc) is 2.97. The standard InChI is InChI=1S/C11H16N4O5S/c12-14-9-2-1-3-10(11(9)15(16)17)21(18,19)13-6-8-4-5-20-7-8/h1-3,8,13-14H,4-7,12H2. The summed E-state index contributed by atoms with van der Waals surface area (Å²) >= 11 is 0. The normalized spacial score (nSPS) is 18.6. The second kappa shape index (κ2) is 6.35. The summed E-state index contributed by atoms with van der Waals surface area (Å²) in [6.45, 7) is 1.26. The Bertz CT molecular complexity index is 628. The lowest BCUT2D eigenvalue weighted by Gasteiger charge is -2.11. The minimum absolute atomic E-state index is 0.0629. The lowest BCUT2D eigenvalue weighted by atomic mass is 10.1. The first kappa shape index (κ1) is 15.6. The number of nitro groups is 1. The maximum absolute atomic E-state index is 12.3. The maximum atomic E-state index is 12.3. The van der Waals surface area contributed by atoms with E-state index in [4.69, 9.17) is 10.6 Å². The molecule has 1 atom stereocenters. The van der Waals surface area contributed by atoms with E-state index < -0.39 is 25.5 Å². The Balaban J connectivity index is 2.28. The van der Waals surface area contributed by atoms with Crippen LogP contribution in [-0.2, 0) is 14.8 Å². The summed E-state index contributed by atoms with van der Waals surface area (Å²) < 4.78 is 32.1. The molecule has 0 saturated carbocycles. The van der Waals surface area contributed by atoms with E-state index in [9.17, 15) is 18.5 Å². The van der Waals surface area contributed by atoms with Gasteiger partial charge < -0.3 is 10.2 Å². The van der Waals surface area contributed by atoms with Crippen LogP contribution in [0.15, 0.2) is 23.1 Å². The minimum Gasteiger partial charge on any atom is -0.381 e. The molecule has 4 N–H and O–H groups in total. The molecule has 0 aliphatic carbocycles. The van der Waals surface area contributed by atoms with Gasteiger partial charge in [-0.25, -0.2) is 13.1 Å². The van der Waals surface area contributed by atoms with Crippen LogP contribution in [0.4, 0.5) is 11.4 Å². The number of hydrazine groups is 1. The van der Waals surface area contributed by atoms with E-state index in [1.165, 1.54) is 18.2 Å². The van der Waals surface area contributed by atoms with Gasteiger partial charge in [-0.15, -0.1) is 0 Å². The molecule has 1 aliphatic heterocycles. The highest BCUT2D eigenvalue weighted by Gasteiger charge is 2.29. The largest absolute Gasteiger partial charge is 0.381 e. The topological polar surface area (TPSA) is 137 Å². The molecule has 0 bridgehead atoms. The maximum Gasteiger partial charge on any atom is 0.313 e. The van der Waals surface area contributed by atoms with Crippen molar-refractivity contribution in [2.24, 2.45) is 11.8 Å². The molecule has 2 rings (SSSR count). The van der Waals surface area contributed by atoms with Crippen LogP contribution in [0.3, 0.4) is 0 Å². The fraction of sp³-hybridized carbons (Fsp3) is 0.455. The Hall–Kier alpha value is -1.75. The van der Waals surface area contributed by atoms with E-state index in [0.717, 1.165) is 6.42 Å². The van der Waals surface area contributed by atoms with Crippen LogP contribution in [-0.4, -0.2) is 33.1 Å². The third kappa shape index (κ3) is 3.47. The summed E-state index contributed by atoms with van der Waals surface area (Å²) in [5.41, 5.74) is 1.50. The predicted molar refractivity (Wildman–Crippen MR) is 75.0 cm³/mol. The Morgan fingerprint density at radius 2 is 2.24 bits per heavy atom. The number of para-hydroxylation sites is 1. The molecule has 0 radical (unpaired) electrons. The first-order valence-corrected chi connectivity index (χ1v) is 7.75. The summed E-state index contributed by atoms with van der Waals surface area (Å²) in [5.74, 6) is 5.27. The van der Waals surface area contributed by atoms with E-state index in [-0.39, 0.29) is 18.2 Å². The number of anilines is 1. The minimum atomic E-state index is -4.00. The molecule has 1 aromatic rings. The average molecular weight is 316 g/mol.